The molecule has 0 aromatic heterocycles. The normalized spacial score (nSPS) is 16.3. The van der Waals surface area contributed by atoms with E-state index in [1.165, 1.54) is 6.07 Å². The van der Waals surface area contributed by atoms with Crippen molar-refractivity contribution >= 4 is 0 Å². The molecule has 1 aromatic rings. The largest absolute Gasteiger partial charge is 0.486 e. The van der Waals surface area contributed by atoms with Gasteiger partial charge < -0.3 is 15.2 Å². The van der Waals surface area contributed by atoms with E-state index >= 15 is 0 Å². The van der Waals surface area contributed by atoms with E-state index in [0.717, 1.165) is 0 Å². The van der Waals surface area contributed by atoms with Crippen molar-refractivity contribution < 1.29 is 18.3 Å². The first-order valence-corrected chi connectivity index (χ1v) is 5.06. The van der Waals surface area contributed by atoms with Gasteiger partial charge in [-0.15, -0.1) is 0 Å². The highest BCUT2D eigenvalue weighted by Crippen LogP contribution is 2.38. The predicted octanol–water partition coefficient (Wildman–Crippen LogP) is 2.42. The van der Waals surface area contributed by atoms with Crippen molar-refractivity contribution in [1.29, 1.82) is 0 Å². The maximum atomic E-state index is 12.8. The van der Waals surface area contributed by atoms with Gasteiger partial charge in [-0.2, -0.15) is 0 Å². The van der Waals surface area contributed by atoms with Crippen molar-refractivity contribution in [2.45, 2.75) is 19.4 Å². The Kier molecular flexibility index (Phi) is 2.96. The summed E-state index contributed by atoms with van der Waals surface area (Å²) in [6.45, 7) is 2.48. The van der Waals surface area contributed by atoms with Crippen LogP contribution >= 0.6 is 0 Å². The number of hydrogen-bond acceptors (Lipinski definition) is 3. The molecule has 1 unspecified atom stereocenters. The molecule has 1 heterocycles. The third-order valence-corrected chi connectivity index (χ3v) is 2.47. The molecule has 0 amide bonds. The maximum Gasteiger partial charge on any atom is 0.264 e. The van der Waals surface area contributed by atoms with Gasteiger partial charge in [-0.05, 0) is 24.6 Å². The summed E-state index contributed by atoms with van der Waals surface area (Å²) >= 11 is 0. The number of fused-ring (bicyclic) bond motifs is 1. The van der Waals surface area contributed by atoms with Gasteiger partial charge in [-0.1, -0.05) is 0 Å². The van der Waals surface area contributed by atoms with E-state index in [1.54, 1.807) is 13.0 Å². The van der Waals surface area contributed by atoms with Gasteiger partial charge in [0.15, 0.2) is 11.5 Å². The minimum Gasteiger partial charge on any atom is -0.486 e. The maximum absolute atomic E-state index is 12.8. The molecule has 3 nitrogen and oxygen atoms in total. The molecule has 88 valence electrons. The van der Waals surface area contributed by atoms with E-state index in [0.29, 0.717) is 30.3 Å². The van der Waals surface area contributed by atoms with Crippen molar-refractivity contribution in [3.05, 3.63) is 23.3 Å². The molecule has 1 atom stereocenters. The van der Waals surface area contributed by atoms with E-state index in [-0.39, 0.29) is 5.56 Å². The summed E-state index contributed by atoms with van der Waals surface area (Å²) in [6.07, 6.45) is -2.56. The Hall–Kier alpha value is -1.36. The van der Waals surface area contributed by atoms with Gasteiger partial charge in [0.25, 0.3) is 6.43 Å². The van der Waals surface area contributed by atoms with Crippen LogP contribution in [0.5, 0.6) is 11.5 Å². The van der Waals surface area contributed by atoms with Crippen LogP contribution < -0.4 is 15.2 Å². The summed E-state index contributed by atoms with van der Waals surface area (Å²) < 4.78 is 36.2. The fraction of sp³-hybridized carbons (Fsp3) is 0.455. The van der Waals surface area contributed by atoms with Crippen molar-refractivity contribution in [3.63, 3.8) is 0 Å². The highest BCUT2D eigenvalue weighted by Gasteiger charge is 2.21. The van der Waals surface area contributed by atoms with Crippen LogP contribution in [0.2, 0.25) is 0 Å². The van der Waals surface area contributed by atoms with Crippen molar-refractivity contribution in [2.24, 2.45) is 5.73 Å². The molecule has 0 spiro atoms. The monoisotopic (exact) mass is 229 g/mol. The molecule has 0 saturated heterocycles. The van der Waals surface area contributed by atoms with Crippen LogP contribution in [0, 0.1) is 0 Å². The average molecular weight is 229 g/mol. The number of benzene rings is 1. The number of halogens is 2. The quantitative estimate of drug-likeness (QED) is 0.847. The lowest BCUT2D eigenvalue weighted by Crippen LogP contribution is -2.17. The van der Waals surface area contributed by atoms with Crippen LogP contribution in [0.1, 0.15) is 30.5 Å². The number of ether oxygens (including phenoxy) is 2. The zero-order chi connectivity index (χ0) is 11.7. The lowest BCUT2D eigenvalue weighted by Gasteiger charge is -2.22. The molecule has 0 saturated carbocycles. The van der Waals surface area contributed by atoms with E-state index < -0.39 is 12.5 Å². The van der Waals surface area contributed by atoms with E-state index in [9.17, 15) is 8.78 Å². The van der Waals surface area contributed by atoms with Crippen molar-refractivity contribution in [2.75, 3.05) is 13.2 Å². The molecule has 2 N–H and O–H groups in total. The number of nitrogens with two attached hydrogens (primary N) is 1. The smallest absolute Gasteiger partial charge is 0.264 e. The van der Waals surface area contributed by atoms with Crippen molar-refractivity contribution in [1.82, 2.24) is 0 Å². The standard InChI is InChI=1S/C11H13F2NO2/c1-6(14)7-4-9-10(16-3-2-15-9)5-8(7)11(12)13/h4-6,11H,2-3,14H2,1H3. The zero-order valence-electron chi connectivity index (χ0n) is 8.87. The lowest BCUT2D eigenvalue weighted by molar-refractivity contribution is 0.145. The second kappa shape index (κ2) is 4.25. The van der Waals surface area contributed by atoms with Gasteiger partial charge >= 0.3 is 0 Å². The number of rotatable bonds is 2. The molecule has 0 radical (unpaired) electrons. The average Bonchev–Trinajstić information content (AvgIpc) is 2.27. The zero-order valence-corrected chi connectivity index (χ0v) is 8.87. The second-order valence-corrected chi connectivity index (χ2v) is 3.71. The fourth-order valence-electron chi connectivity index (χ4n) is 1.70. The molecule has 0 bridgehead atoms. The Balaban J connectivity index is 2.50. The summed E-state index contributed by atoms with van der Waals surface area (Å²) in [5.74, 6) is 0.855. The summed E-state index contributed by atoms with van der Waals surface area (Å²) in [5.41, 5.74) is 5.97. The van der Waals surface area contributed by atoms with Gasteiger partial charge in [0.1, 0.15) is 13.2 Å². The number of alkyl halides is 2. The third kappa shape index (κ3) is 1.95. The third-order valence-electron chi connectivity index (χ3n) is 2.47. The Morgan fingerprint density at radius 3 is 2.06 bits per heavy atom. The first-order valence-electron chi connectivity index (χ1n) is 5.06. The Morgan fingerprint density at radius 1 is 1.12 bits per heavy atom. The first kappa shape index (κ1) is 11.1. The van der Waals surface area contributed by atoms with Crippen LogP contribution in [-0.4, -0.2) is 13.2 Å². The van der Waals surface area contributed by atoms with Crippen LogP contribution in [0.15, 0.2) is 12.1 Å². The molecule has 5 heteroatoms. The highest BCUT2D eigenvalue weighted by atomic mass is 19.3. The summed E-state index contributed by atoms with van der Waals surface area (Å²) in [7, 11) is 0. The van der Waals surface area contributed by atoms with E-state index in [2.05, 4.69) is 0 Å². The minimum absolute atomic E-state index is 0.0840. The lowest BCUT2D eigenvalue weighted by atomic mass is 10.0. The molecule has 1 aliphatic rings. The molecule has 2 rings (SSSR count). The van der Waals surface area contributed by atoms with E-state index in [1.807, 2.05) is 0 Å². The SMILES string of the molecule is CC(N)c1cc2c(cc1C(F)F)OCCO2. The molecular weight excluding hydrogens is 216 g/mol. The highest BCUT2D eigenvalue weighted by molar-refractivity contribution is 5.49. The Bertz CT molecular complexity index is 357. The molecule has 16 heavy (non-hydrogen) atoms. The van der Waals surface area contributed by atoms with Crippen LogP contribution in [0.3, 0.4) is 0 Å². The van der Waals surface area contributed by atoms with Crippen LogP contribution in [-0.2, 0) is 0 Å². The van der Waals surface area contributed by atoms with Gasteiger partial charge in [0, 0.05) is 11.6 Å². The van der Waals surface area contributed by atoms with E-state index in [4.69, 9.17) is 15.2 Å². The molecule has 1 aliphatic heterocycles. The van der Waals surface area contributed by atoms with Gasteiger partial charge in [0.05, 0.1) is 0 Å². The first-order chi connectivity index (χ1) is 7.59. The second-order valence-electron chi connectivity index (χ2n) is 3.71. The van der Waals surface area contributed by atoms with Gasteiger partial charge in [-0.3, -0.25) is 0 Å². The topological polar surface area (TPSA) is 44.5 Å². The molecule has 0 fully saturated rings. The predicted molar refractivity (Wildman–Crippen MR) is 55.0 cm³/mol. The summed E-state index contributed by atoms with van der Waals surface area (Å²) in [4.78, 5) is 0. The molecule has 0 aliphatic carbocycles. The van der Waals surface area contributed by atoms with Crippen molar-refractivity contribution in [3.8, 4) is 11.5 Å². The number of hydrogen-bond donors (Lipinski definition) is 1. The van der Waals surface area contributed by atoms with Gasteiger partial charge in [0.2, 0.25) is 0 Å². The minimum atomic E-state index is -2.56. The Morgan fingerprint density at radius 2 is 1.62 bits per heavy atom. The summed E-state index contributed by atoms with van der Waals surface area (Å²) in [5, 5.41) is 0. The van der Waals surface area contributed by atoms with Gasteiger partial charge in [-0.25, -0.2) is 8.78 Å². The van der Waals surface area contributed by atoms with Crippen LogP contribution in [0.25, 0.3) is 0 Å². The molecular formula is C11H13F2NO2. The fourth-order valence-corrected chi connectivity index (χ4v) is 1.70. The Labute approximate surface area is 92.1 Å². The van der Waals surface area contributed by atoms with Crippen LogP contribution in [0.4, 0.5) is 8.78 Å². The summed E-state index contributed by atoms with van der Waals surface area (Å²) in [6, 6.07) is 2.40. The molecule has 1 aromatic carbocycles.